The van der Waals surface area contributed by atoms with Crippen LogP contribution in [0, 0.1) is 5.92 Å². The summed E-state index contributed by atoms with van der Waals surface area (Å²) < 4.78 is 3.41. The summed E-state index contributed by atoms with van der Waals surface area (Å²) in [6, 6.07) is 1.77. The Kier molecular flexibility index (Phi) is 3.70. The number of hydrogen-bond donors (Lipinski definition) is 0. The van der Waals surface area contributed by atoms with Crippen LogP contribution in [0.15, 0.2) is 23.4 Å². The second kappa shape index (κ2) is 6.08. The van der Waals surface area contributed by atoms with E-state index in [2.05, 4.69) is 25.1 Å². The Morgan fingerprint density at radius 3 is 3.04 bits per heavy atom. The molecule has 0 unspecified atom stereocenters. The number of anilines is 1. The van der Waals surface area contributed by atoms with Crippen molar-refractivity contribution in [2.45, 2.75) is 18.7 Å². The molecule has 0 amide bonds. The summed E-state index contributed by atoms with van der Waals surface area (Å²) in [5.74, 6) is 3.31. The van der Waals surface area contributed by atoms with E-state index in [1.54, 1.807) is 21.8 Å². The number of nitrogens with zero attached hydrogens (tertiary/aromatic N) is 7. The van der Waals surface area contributed by atoms with Crippen molar-refractivity contribution in [1.29, 1.82) is 0 Å². The average Bonchev–Trinajstić information content (AvgIpc) is 2.98. The molecule has 5 rings (SSSR count). The minimum absolute atomic E-state index is 0.0152. The van der Waals surface area contributed by atoms with Crippen LogP contribution in [0.3, 0.4) is 0 Å². The molecule has 2 aliphatic rings. The van der Waals surface area contributed by atoms with Crippen molar-refractivity contribution >= 4 is 28.6 Å². The standard InChI is InChI=1S/C17H19N7OS/c1-22-8-13-16(21-22)18-10-19-17(13)23-5-11(6-23)7-24-15(25)4-12-9-26-3-2-14(12)20-24/h4,8,10-11H,2-3,5-7,9H2,1H3. The van der Waals surface area contributed by atoms with Crippen molar-refractivity contribution in [3.8, 4) is 0 Å². The quantitative estimate of drug-likeness (QED) is 0.677. The lowest BCUT2D eigenvalue weighted by molar-refractivity contribution is 0.331. The van der Waals surface area contributed by atoms with E-state index in [1.165, 1.54) is 0 Å². The van der Waals surface area contributed by atoms with E-state index in [-0.39, 0.29) is 5.56 Å². The molecule has 0 aliphatic carbocycles. The molecule has 3 aromatic heterocycles. The lowest BCUT2D eigenvalue weighted by Gasteiger charge is -2.40. The molecule has 0 saturated carbocycles. The minimum atomic E-state index is 0.0152. The minimum Gasteiger partial charge on any atom is -0.355 e. The van der Waals surface area contributed by atoms with Gasteiger partial charge in [0.05, 0.1) is 17.6 Å². The highest BCUT2D eigenvalue weighted by Gasteiger charge is 2.30. The smallest absolute Gasteiger partial charge is 0.267 e. The van der Waals surface area contributed by atoms with Crippen LogP contribution in [0.5, 0.6) is 0 Å². The topological polar surface area (TPSA) is 81.7 Å². The van der Waals surface area contributed by atoms with Gasteiger partial charge in [0, 0.05) is 50.5 Å². The first-order chi connectivity index (χ1) is 12.7. The average molecular weight is 369 g/mol. The van der Waals surface area contributed by atoms with Crippen LogP contribution in [0.4, 0.5) is 5.82 Å². The highest BCUT2D eigenvalue weighted by atomic mass is 32.2. The summed E-state index contributed by atoms with van der Waals surface area (Å²) in [6.07, 6.45) is 4.47. The van der Waals surface area contributed by atoms with Crippen LogP contribution in [-0.2, 0) is 25.8 Å². The molecule has 0 N–H and O–H groups in total. The summed E-state index contributed by atoms with van der Waals surface area (Å²) >= 11 is 1.87. The molecule has 0 bridgehead atoms. The third kappa shape index (κ3) is 2.66. The zero-order valence-corrected chi connectivity index (χ0v) is 15.3. The van der Waals surface area contributed by atoms with E-state index in [1.807, 2.05) is 25.0 Å². The first-order valence-corrected chi connectivity index (χ1v) is 9.90. The summed E-state index contributed by atoms with van der Waals surface area (Å²) in [7, 11) is 1.89. The van der Waals surface area contributed by atoms with Crippen LogP contribution in [0.1, 0.15) is 11.3 Å². The molecule has 134 valence electrons. The zero-order valence-electron chi connectivity index (χ0n) is 14.5. The summed E-state index contributed by atoms with van der Waals surface area (Å²) in [5.41, 5.74) is 2.93. The van der Waals surface area contributed by atoms with Crippen LogP contribution in [0.2, 0.25) is 0 Å². The van der Waals surface area contributed by atoms with Crippen LogP contribution >= 0.6 is 11.8 Å². The van der Waals surface area contributed by atoms with Gasteiger partial charge in [-0.3, -0.25) is 9.48 Å². The van der Waals surface area contributed by atoms with Gasteiger partial charge in [-0.2, -0.15) is 22.0 Å². The lowest BCUT2D eigenvalue weighted by atomic mass is 10.00. The Morgan fingerprint density at radius 1 is 1.27 bits per heavy atom. The van der Waals surface area contributed by atoms with Gasteiger partial charge in [-0.05, 0) is 11.3 Å². The third-order valence-corrected chi connectivity index (χ3v) is 6.01. The van der Waals surface area contributed by atoms with Crippen molar-refractivity contribution in [3.05, 3.63) is 40.2 Å². The van der Waals surface area contributed by atoms with Crippen LogP contribution in [-0.4, -0.2) is 48.4 Å². The largest absolute Gasteiger partial charge is 0.355 e. The van der Waals surface area contributed by atoms with Gasteiger partial charge < -0.3 is 4.90 Å². The molecule has 3 aromatic rings. The Balaban J connectivity index is 1.32. The Labute approximate surface area is 154 Å². The molecule has 1 saturated heterocycles. The maximum atomic E-state index is 12.3. The van der Waals surface area contributed by atoms with Gasteiger partial charge in [0.15, 0.2) is 5.65 Å². The van der Waals surface area contributed by atoms with Gasteiger partial charge in [0.2, 0.25) is 0 Å². The predicted octanol–water partition coefficient (Wildman–Crippen LogP) is 0.846. The number of aryl methyl sites for hydroxylation is 2. The van der Waals surface area contributed by atoms with Crippen LogP contribution < -0.4 is 10.5 Å². The van der Waals surface area contributed by atoms with E-state index in [0.29, 0.717) is 18.1 Å². The van der Waals surface area contributed by atoms with Gasteiger partial charge in [0.1, 0.15) is 12.1 Å². The molecule has 2 aliphatic heterocycles. The number of hydrogen-bond acceptors (Lipinski definition) is 7. The van der Waals surface area contributed by atoms with Crippen molar-refractivity contribution < 1.29 is 0 Å². The molecule has 0 aromatic carbocycles. The van der Waals surface area contributed by atoms with Gasteiger partial charge in [-0.15, -0.1) is 0 Å². The fourth-order valence-electron chi connectivity index (χ4n) is 3.68. The SMILES string of the molecule is Cn1cc2c(N3CC(Cn4nc5c(cc4=O)CSCC5)C3)ncnc2n1. The molecule has 0 spiro atoms. The van der Waals surface area contributed by atoms with E-state index < -0.39 is 0 Å². The van der Waals surface area contributed by atoms with Gasteiger partial charge in [0.25, 0.3) is 5.56 Å². The second-order valence-electron chi connectivity index (χ2n) is 6.95. The monoisotopic (exact) mass is 369 g/mol. The molecular formula is C17H19N7OS. The summed E-state index contributed by atoms with van der Waals surface area (Å²) in [6.45, 7) is 2.39. The van der Waals surface area contributed by atoms with Crippen LogP contribution in [0.25, 0.3) is 11.0 Å². The molecular weight excluding hydrogens is 350 g/mol. The van der Waals surface area contributed by atoms with Gasteiger partial charge in [-0.1, -0.05) is 0 Å². The van der Waals surface area contributed by atoms with Crippen molar-refractivity contribution in [2.24, 2.45) is 13.0 Å². The summed E-state index contributed by atoms with van der Waals surface area (Å²) in [5, 5.41) is 9.92. The number of fused-ring (bicyclic) bond motifs is 2. The fourth-order valence-corrected chi connectivity index (χ4v) is 4.63. The normalized spacial score (nSPS) is 17.3. The zero-order chi connectivity index (χ0) is 17.7. The molecule has 26 heavy (non-hydrogen) atoms. The molecule has 9 heteroatoms. The first kappa shape index (κ1) is 15.8. The maximum absolute atomic E-state index is 12.3. The maximum Gasteiger partial charge on any atom is 0.267 e. The van der Waals surface area contributed by atoms with E-state index in [4.69, 9.17) is 0 Å². The van der Waals surface area contributed by atoms with Gasteiger partial charge in [-0.25, -0.2) is 14.6 Å². The van der Waals surface area contributed by atoms with Gasteiger partial charge >= 0.3 is 0 Å². The molecule has 0 radical (unpaired) electrons. The van der Waals surface area contributed by atoms with Crippen molar-refractivity contribution in [3.63, 3.8) is 0 Å². The Bertz CT molecular complexity index is 1040. The molecule has 5 heterocycles. The lowest BCUT2D eigenvalue weighted by Crippen LogP contribution is -2.50. The van der Waals surface area contributed by atoms with E-state index in [0.717, 1.165) is 53.5 Å². The molecule has 8 nitrogen and oxygen atoms in total. The number of thioether (sulfide) groups is 1. The Morgan fingerprint density at radius 2 is 2.15 bits per heavy atom. The number of rotatable bonds is 3. The molecule has 1 fully saturated rings. The van der Waals surface area contributed by atoms with E-state index >= 15 is 0 Å². The second-order valence-corrected chi connectivity index (χ2v) is 8.05. The highest BCUT2D eigenvalue weighted by molar-refractivity contribution is 7.98. The van der Waals surface area contributed by atoms with Crippen molar-refractivity contribution in [1.82, 2.24) is 29.5 Å². The fraction of sp³-hybridized carbons (Fsp3) is 0.471. The Hall–Kier alpha value is -2.42. The predicted molar refractivity (Wildman–Crippen MR) is 100 cm³/mol. The van der Waals surface area contributed by atoms with Crippen molar-refractivity contribution in [2.75, 3.05) is 23.7 Å². The highest BCUT2D eigenvalue weighted by Crippen LogP contribution is 2.29. The van der Waals surface area contributed by atoms with E-state index in [9.17, 15) is 4.79 Å². The summed E-state index contributed by atoms with van der Waals surface area (Å²) in [4.78, 5) is 23.2. The third-order valence-electron chi connectivity index (χ3n) is 5.00. The first-order valence-electron chi connectivity index (χ1n) is 8.74. The number of aromatic nitrogens is 6. The molecule has 0 atom stereocenters.